The Kier molecular flexibility index (Phi) is 7.34. The normalized spacial score (nSPS) is 11.4. The van der Waals surface area contributed by atoms with E-state index in [-0.39, 0.29) is 5.75 Å². The van der Waals surface area contributed by atoms with E-state index in [1.54, 1.807) is 33.1 Å². The Morgan fingerprint density at radius 2 is 2.00 bits per heavy atom. The van der Waals surface area contributed by atoms with Gasteiger partial charge in [-0.2, -0.15) is 0 Å². The summed E-state index contributed by atoms with van der Waals surface area (Å²) >= 11 is 0. The van der Waals surface area contributed by atoms with E-state index in [1.807, 2.05) is 6.07 Å². The van der Waals surface area contributed by atoms with Gasteiger partial charge in [-0.15, -0.1) is 0 Å². The average Bonchev–Trinajstić information content (AvgIpc) is 2.64. The molecule has 0 spiro atoms. The van der Waals surface area contributed by atoms with Crippen LogP contribution in [-0.2, 0) is 21.0 Å². The molecule has 2 N–H and O–H groups in total. The molecule has 1 aromatic rings. The number of nitrogens with two attached hydrogens (primary N) is 1. The number of rotatable bonds is 4. The van der Waals surface area contributed by atoms with Gasteiger partial charge in [0.05, 0.1) is 12.0 Å². The molecule has 0 saturated heterocycles. The van der Waals surface area contributed by atoms with Crippen LogP contribution in [-0.4, -0.2) is 32.1 Å². The SMILES string of the molecule is CC(C)(C)OC(N)=O.CS(=O)(=O)CCCc1ccco1. The van der Waals surface area contributed by atoms with Crippen LogP contribution in [0.25, 0.3) is 0 Å². The first kappa shape index (κ1) is 18.5. The van der Waals surface area contributed by atoms with Crippen molar-refractivity contribution in [1.29, 1.82) is 0 Å². The van der Waals surface area contributed by atoms with Crippen LogP contribution < -0.4 is 5.73 Å². The molecule has 0 atom stereocenters. The van der Waals surface area contributed by atoms with Crippen molar-refractivity contribution in [3.63, 3.8) is 0 Å². The number of sulfone groups is 1. The maximum absolute atomic E-state index is 10.7. The Balaban J connectivity index is 0.000000396. The van der Waals surface area contributed by atoms with Crippen molar-refractivity contribution in [2.45, 2.75) is 39.2 Å². The number of primary amides is 1. The predicted molar refractivity (Wildman–Crippen MR) is 77.2 cm³/mol. The Morgan fingerprint density at radius 3 is 2.30 bits per heavy atom. The highest BCUT2D eigenvalue weighted by atomic mass is 32.2. The van der Waals surface area contributed by atoms with Crippen LogP contribution in [0.4, 0.5) is 4.79 Å². The number of aryl methyl sites for hydroxylation is 1. The second-order valence-corrected chi connectivity index (χ2v) is 7.61. The van der Waals surface area contributed by atoms with E-state index in [4.69, 9.17) is 10.2 Å². The lowest BCUT2D eigenvalue weighted by Crippen LogP contribution is -2.27. The zero-order valence-electron chi connectivity index (χ0n) is 12.4. The van der Waals surface area contributed by atoms with E-state index in [0.29, 0.717) is 12.8 Å². The number of carbonyl (C=O) groups excluding carboxylic acids is 1. The monoisotopic (exact) mass is 305 g/mol. The average molecular weight is 305 g/mol. The summed E-state index contributed by atoms with van der Waals surface area (Å²) in [7, 11) is -2.82. The standard InChI is InChI=1S/C8H12O3S.C5H11NO2/c1-12(9,10)7-3-5-8-4-2-6-11-8;1-5(2,3)8-4(6)7/h2,4,6H,3,5,7H2,1H3;1-3H3,(H2,6,7). The number of carbonyl (C=O) groups is 1. The summed E-state index contributed by atoms with van der Waals surface area (Å²) < 4.78 is 31.1. The van der Waals surface area contributed by atoms with Crippen LogP contribution in [0, 0.1) is 0 Å². The maximum Gasteiger partial charge on any atom is 0.405 e. The third kappa shape index (κ3) is 12.9. The molecule has 1 amide bonds. The van der Waals surface area contributed by atoms with Crippen LogP contribution in [0.2, 0.25) is 0 Å². The second kappa shape index (κ2) is 7.94. The van der Waals surface area contributed by atoms with Crippen molar-refractivity contribution < 1.29 is 22.4 Å². The summed E-state index contributed by atoms with van der Waals surface area (Å²) in [5.41, 5.74) is 4.26. The summed E-state index contributed by atoms with van der Waals surface area (Å²) in [4.78, 5) is 10.0. The topological polar surface area (TPSA) is 99.6 Å². The molecule has 0 unspecified atom stereocenters. The Hall–Kier alpha value is -1.50. The van der Waals surface area contributed by atoms with Crippen LogP contribution in [0.5, 0.6) is 0 Å². The first-order valence-electron chi connectivity index (χ1n) is 6.18. The molecule has 7 heteroatoms. The molecule has 0 aliphatic rings. The lowest BCUT2D eigenvalue weighted by atomic mass is 10.2. The molecule has 0 aliphatic heterocycles. The van der Waals surface area contributed by atoms with Gasteiger partial charge in [-0.05, 0) is 39.3 Å². The van der Waals surface area contributed by atoms with Gasteiger partial charge >= 0.3 is 6.09 Å². The van der Waals surface area contributed by atoms with Crippen LogP contribution >= 0.6 is 0 Å². The third-order valence-corrected chi connectivity index (χ3v) is 2.96. The summed E-state index contributed by atoms with van der Waals surface area (Å²) in [6, 6.07) is 3.65. The first-order chi connectivity index (χ1) is 8.99. The van der Waals surface area contributed by atoms with Gasteiger partial charge in [0.25, 0.3) is 0 Å². The van der Waals surface area contributed by atoms with Crippen molar-refractivity contribution in [2.24, 2.45) is 5.73 Å². The Bertz CT molecular complexity index is 485. The second-order valence-electron chi connectivity index (χ2n) is 5.35. The Labute approximate surface area is 120 Å². The number of amides is 1. The van der Waals surface area contributed by atoms with Gasteiger partial charge in [0.1, 0.15) is 21.2 Å². The minimum Gasteiger partial charge on any atom is -0.469 e. The molecule has 116 valence electrons. The number of furan rings is 1. The van der Waals surface area contributed by atoms with Crippen molar-refractivity contribution >= 4 is 15.9 Å². The molecule has 0 aromatic carbocycles. The van der Waals surface area contributed by atoms with Crippen molar-refractivity contribution in [1.82, 2.24) is 0 Å². The minimum atomic E-state index is -2.82. The van der Waals surface area contributed by atoms with Gasteiger partial charge in [0, 0.05) is 12.7 Å². The van der Waals surface area contributed by atoms with E-state index in [0.717, 1.165) is 5.76 Å². The fourth-order valence-electron chi connectivity index (χ4n) is 1.27. The third-order valence-electron chi connectivity index (χ3n) is 1.93. The van der Waals surface area contributed by atoms with Gasteiger partial charge in [-0.25, -0.2) is 13.2 Å². The highest BCUT2D eigenvalue weighted by Crippen LogP contribution is 2.05. The largest absolute Gasteiger partial charge is 0.469 e. The lowest BCUT2D eigenvalue weighted by molar-refractivity contribution is 0.0600. The molecule has 6 nitrogen and oxygen atoms in total. The fraction of sp³-hybridized carbons (Fsp3) is 0.615. The molecule has 20 heavy (non-hydrogen) atoms. The van der Waals surface area contributed by atoms with Crippen LogP contribution in [0.3, 0.4) is 0 Å². The highest BCUT2D eigenvalue weighted by molar-refractivity contribution is 7.90. The molecule has 1 aromatic heterocycles. The molecule has 0 saturated carbocycles. The molecular formula is C13H23NO5S. The predicted octanol–water partition coefficient (Wildman–Crippen LogP) is 2.14. The van der Waals surface area contributed by atoms with Crippen molar-refractivity contribution in [3.8, 4) is 0 Å². The Morgan fingerprint density at radius 1 is 1.40 bits per heavy atom. The number of ether oxygens (including phenoxy) is 1. The first-order valence-corrected chi connectivity index (χ1v) is 8.24. The lowest BCUT2D eigenvalue weighted by Gasteiger charge is -2.16. The summed E-state index contributed by atoms with van der Waals surface area (Å²) in [5.74, 6) is 1.08. The summed E-state index contributed by atoms with van der Waals surface area (Å²) in [6.07, 6.45) is 3.44. The molecule has 1 rings (SSSR count). The molecule has 0 radical (unpaired) electrons. The van der Waals surface area contributed by atoms with Gasteiger partial charge < -0.3 is 14.9 Å². The molecule has 0 bridgehead atoms. The van der Waals surface area contributed by atoms with Gasteiger partial charge in [-0.1, -0.05) is 0 Å². The van der Waals surface area contributed by atoms with E-state index in [9.17, 15) is 13.2 Å². The fourth-order valence-corrected chi connectivity index (χ4v) is 1.93. The molecule has 0 fully saturated rings. The van der Waals surface area contributed by atoms with Gasteiger partial charge in [0.2, 0.25) is 0 Å². The zero-order chi connectivity index (χ0) is 15.8. The van der Waals surface area contributed by atoms with E-state index in [2.05, 4.69) is 4.74 Å². The van der Waals surface area contributed by atoms with Crippen LogP contribution in [0.15, 0.2) is 22.8 Å². The minimum absolute atomic E-state index is 0.230. The summed E-state index contributed by atoms with van der Waals surface area (Å²) in [6.45, 7) is 5.28. The smallest absolute Gasteiger partial charge is 0.405 e. The van der Waals surface area contributed by atoms with E-state index < -0.39 is 21.5 Å². The maximum atomic E-state index is 10.7. The van der Waals surface area contributed by atoms with E-state index in [1.165, 1.54) is 6.26 Å². The quantitative estimate of drug-likeness (QED) is 0.918. The van der Waals surface area contributed by atoms with Crippen molar-refractivity contribution in [2.75, 3.05) is 12.0 Å². The summed E-state index contributed by atoms with van der Waals surface area (Å²) in [5, 5.41) is 0. The molecular weight excluding hydrogens is 282 g/mol. The molecule has 1 heterocycles. The van der Waals surface area contributed by atoms with Crippen molar-refractivity contribution in [3.05, 3.63) is 24.2 Å². The number of hydrogen-bond acceptors (Lipinski definition) is 5. The highest BCUT2D eigenvalue weighted by Gasteiger charge is 2.12. The number of hydrogen-bond donors (Lipinski definition) is 1. The van der Waals surface area contributed by atoms with Gasteiger partial charge in [0.15, 0.2) is 0 Å². The zero-order valence-corrected chi connectivity index (χ0v) is 13.2. The molecule has 0 aliphatic carbocycles. The van der Waals surface area contributed by atoms with Gasteiger partial charge in [-0.3, -0.25) is 0 Å². The van der Waals surface area contributed by atoms with E-state index >= 15 is 0 Å². The van der Waals surface area contributed by atoms with Crippen LogP contribution in [0.1, 0.15) is 33.0 Å².